The molecule has 0 aliphatic carbocycles. The summed E-state index contributed by atoms with van der Waals surface area (Å²) in [4.78, 5) is 12.2. The minimum Gasteiger partial charge on any atom is -0.252 e. The highest BCUT2D eigenvalue weighted by atomic mass is 31.0. The number of hydrogen-bond acceptors (Lipinski definition) is 4. The predicted molar refractivity (Wildman–Crippen MR) is 88.9 cm³/mol. The topological polar surface area (TPSA) is 56.5 Å². The fourth-order valence-electron chi connectivity index (χ4n) is 2.78. The second-order valence-corrected chi connectivity index (χ2v) is 6.16. The van der Waals surface area contributed by atoms with E-state index >= 15 is 0 Å². The van der Waals surface area contributed by atoms with E-state index in [0.717, 1.165) is 17.1 Å². The van der Waals surface area contributed by atoms with Crippen molar-refractivity contribution in [3.8, 4) is 0 Å². The van der Waals surface area contributed by atoms with E-state index in [1.54, 1.807) is 17.2 Å². The van der Waals surface area contributed by atoms with Gasteiger partial charge < -0.3 is 0 Å². The standard InChI is InChI=1S/C16H16F2N5P/c1-10(16-15(24)5-19-7-21-16)13(6-23-9-20-8-22-23)12-3-2-11(17)4-14(12)18/h2-5,7-10,13H,6,24H2,1H3. The minimum absolute atomic E-state index is 0.135. The van der Waals surface area contributed by atoms with E-state index in [4.69, 9.17) is 0 Å². The lowest BCUT2D eigenvalue weighted by Crippen LogP contribution is -2.21. The highest BCUT2D eigenvalue weighted by Crippen LogP contribution is 2.34. The first kappa shape index (κ1) is 16.6. The zero-order chi connectivity index (χ0) is 17.1. The van der Waals surface area contributed by atoms with Gasteiger partial charge in [-0.1, -0.05) is 13.0 Å². The number of halogens is 2. The zero-order valence-electron chi connectivity index (χ0n) is 13.0. The molecule has 124 valence electrons. The van der Waals surface area contributed by atoms with Crippen molar-refractivity contribution < 1.29 is 8.78 Å². The Morgan fingerprint density at radius 1 is 1.21 bits per heavy atom. The molecule has 0 N–H and O–H groups in total. The van der Waals surface area contributed by atoms with Crippen LogP contribution in [0, 0.1) is 11.6 Å². The maximum atomic E-state index is 14.4. The van der Waals surface area contributed by atoms with E-state index in [9.17, 15) is 8.78 Å². The molecule has 2 aromatic heterocycles. The molecule has 5 nitrogen and oxygen atoms in total. The molecule has 1 aromatic carbocycles. The molecule has 3 aromatic rings. The van der Waals surface area contributed by atoms with E-state index in [0.29, 0.717) is 12.1 Å². The van der Waals surface area contributed by atoms with Crippen LogP contribution in [0.1, 0.15) is 30.0 Å². The van der Waals surface area contributed by atoms with Crippen LogP contribution in [0.4, 0.5) is 8.78 Å². The van der Waals surface area contributed by atoms with Crippen molar-refractivity contribution >= 4 is 14.5 Å². The third kappa shape index (κ3) is 3.46. The van der Waals surface area contributed by atoms with Gasteiger partial charge in [0.15, 0.2) is 0 Å². The molecule has 0 aliphatic rings. The third-order valence-electron chi connectivity index (χ3n) is 4.02. The maximum Gasteiger partial charge on any atom is 0.137 e. The van der Waals surface area contributed by atoms with Crippen LogP contribution in [0.25, 0.3) is 0 Å². The van der Waals surface area contributed by atoms with E-state index in [1.165, 1.54) is 24.8 Å². The van der Waals surface area contributed by atoms with Crippen molar-refractivity contribution in [1.29, 1.82) is 0 Å². The van der Waals surface area contributed by atoms with Gasteiger partial charge in [-0.05, 0) is 11.6 Å². The summed E-state index contributed by atoms with van der Waals surface area (Å²) in [7, 11) is 2.59. The van der Waals surface area contributed by atoms with Crippen molar-refractivity contribution in [1.82, 2.24) is 24.7 Å². The molecular formula is C16H16F2N5P. The molecular weight excluding hydrogens is 331 g/mol. The summed E-state index contributed by atoms with van der Waals surface area (Å²) in [5.74, 6) is -1.60. The monoisotopic (exact) mass is 347 g/mol. The Morgan fingerprint density at radius 3 is 2.71 bits per heavy atom. The van der Waals surface area contributed by atoms with Crippen LogP contribution < -0.4 is 5.30 Å². The SMILES string of the molecule is CC(c1ncncc1P)C(Cn1cncn1)c1ccc(F)cc1F. The number of benzene rings is 1. The highest BCUT2D eigenvalue weighted by Gasteiger charge is 2.27. The summed E-state index contributed by atoms with van der Waals surface area (Å²) < 4.78 is 29.3. The molecule has 0 saturated carbocycles. The Morgan fingerprint density at radius 2 is 2.04 bits per heavy atom. The van der Waals surface area contributed by atoms with Gasteiger partial charge in [-0.3, -0.25) is 4.68 Å². The summed E-state index contributed by atoms with van der Waals surface area (Å²) in [5.41, 5.74) is 1.21. The van der Waals surface area contributed by atoms with Gasteiger partial charge in [0.2, 0.25) is 0 Å². The molecule has 24 heavy (non-hydrogen) atoms. The molecule has 0 fully saturated rings. The second kappa shape index (κ2) is 7.09. The van der Waals surface area contributed by atoms with Crippen LogP contribution in [0.3, 0.4) is 0 Å². The molecule has 0 amide bonds. The molecule has 0 spiro atoms. The Labute approximate surface area is 140 Å². The van der Waals surface area contributed by atoms with E-state index < -0.39 is 11.6 Å². The van der Waals surface area contributed by atoms with E-state index in [-0.39, 0.29) is 11.8 Å². The summed E-state index contributed by atoms with van der Waals surface area (Å²) in [6, 6.07) is 3.64. The molecule has 8 heteroatoms. The van der Waals surface area contributed by atoms with Gasteiger partial charge in [-0.15, -0.1) is 9.24 Å². The van der Waals surface area contributed by atoms with Crippen LogP contribution in [0.5, 0.6) is 0 Å². The first-order valence-corrected chi connectivity index (χ1v) is 7.96. The van der Waals surface area contributed by atoms with Gasteiger partial charge in [0.05, 0.1) is 12.2 Å². The van der Waals surface area contributed by atoms with Gasteiger partial charge in [0.1, 0.15) is 30.6 Å². The molecule has 0 bridgehead atoms. The van der Waals surface area contributed by atoms with Gasteiger partial charge in [-0.2, -0.15) is 5.10 Å². The number of hydrogen-bond donors (Lipinski definition) is 0. The van der Waals surface area contributed by atoms with Crippen LogP contribution in [-0.2, 0) is 6.54 Å². The smallest absolute Gasteiger partial charge is 0.137 e. The van der Waals surface area contributed by atoms with E-state index in [2.05, 4.69) is 29.3 Å². The Kier molecular flexibility index (Phi) is 4.90. The van der Waals surface area contributed by atoms with Crippen molar-refractivity contribution in [2.45, 2.75) is 25.3 Å². The summed E-state index contributed by atoms with van der Waals surface area (Å²) in [6.07, 6.45) is 6.15. The van der Waals surface area contributed by atoms with E-state index in [1.807, 2.05) is 6.92 Å². The first-order valence-electron chi connectivity index (χ1n) is 7.39. The lowest BCUT2D eigenvalue weighted by Gasteiger charge is -2.25. The van der Waals surface area contributed by atoms with Gasteiger partial charge in [0.25, 0.3) is 0 Å². The predicted octanol–water partition coefficient (Wildman–Crippen LogP) is 2.43. The Hall–Kier alpha value is -2.27. The van der Waals surface area contributed by atoms with Crippen molar-refractivity contribution in [3.63, 3.8) is 0 Å². The molecule has 2 heterocycles. The normalized spacial score (nSPS) is 13.7. The first-order chi connectivity index (χ1) is 11.6. The summed E-state index contributed by atoms with van der Waals surface area (Å²) in [5, 5.41) is 4.94. The molecule has 3 rings (SSSR count). The summed E-state index contributed by atoms with van der Waals surface area (Å²) in [6.45, 7) is 2.36. The zero-order valence-corrected chi connectivity index (χ0v) is 14.1. The lowest BCUT2D eigenvalue weighted by molar-refractivity contribution is 0.437. The van der Waals surface area contributed by atoms with Crippen LogP contribution in [0.15, 0.2) is 43.4 Å². The largest absolute Gasteiger partial charge is 0.252 e. The fourth-order valence-corrected chi connectivity index (χ4v) is 3.20. The van der Waals surface area contributed by atoms with Crippen LogP contribution in [0.2, 0.25) is 0 Å². The number of aromatic nitrogens is 5. The van der Waals surface area contributed by atoms with Gasteiger partial charge in [0, 0.05) is 29.4 Å². The average molecular weight is 347 g/mol. The van der Waals surface area contributed by atoms with Gasteiger partial charge >= 0.3 is 0 Å². The van der Waals surface area contributed by atoms with Crippen LogP contribution >= 0.6 is 9.24 Å². The molecule has 3 atom stereocenters. The molecule has 0 radical (unpaired) electrons. The average Bonchev–Trinajstić information content (AvgIpc) is 3.06. The fraction of sp³-hybridized carbons (Fsp3) is 0.250. The Balaban J connectivity index is 2.03. The number of nitrogens with zero attached hydrogens (tertiary/aromatic N) is 5. The quantitative estimate of drug-likeness (QED) is 0.665. The minimum atomic E-state index is -0.600. The molecule has 3 unspecified atom stereocenters. The third-order valence-corrected chi connectivity index (χ3v) is 4.46. The lowest BCUT2D eigenvalue weighted by atomic mass is 9.84. The molecule has 0 aliphatic heterocycles. The maximum absolute atomic E-state index is 14.4. The number of rotatable bonds is 5. The Bertz CT molecular complexity index is 825. The van der Waals surface area contributed by atoms with Crippen molar-refractivity contribution in [2.75, 3.05) is 0 Å². The molecule has 0 saturated heterocycles. The summed E-state index contributed by atoms with van der Waals surface area (Å²) >= 11 is 0. The van der Waals surface area contributed by atoms with Gasteiger partial charge in [-0.25, -0.2) is 23.7 Å². The highest BCUT2D eigenvalue weighted by molar-refractivity contribution is 7.27. The van der Waals surface area contributed by atoms with Crippen molar-refractivity contribution in [3.05, 3.63) is 66.3 Å². The second-order valence-electron chi connectivity index (χ2n) is 5.54. The van der Waals surface area contributed by atoms with Crippen LogP contribution in [-0.4, -0.2) is 24.7 Å². The van der Waals surface area contributed by atoms with Crippen molar-refractivity contribution in [2.24, 2.45) is 0 Å².